The first-order valence-electron chi connectivity index (χ1n) is 12.9. The van der Waals surface area contributed by atoms with Crippen LogP contribution in [0.2, 0.25) is 0 Å². The lowest BCUT2D eigenvalue weighted by Crippen LogP contribution is -2.23. The van der Waals surface area contributed by atoms with E-state index in [1.165, 1.54) is 55.2 Å². The van der Waals surface area contributed by atoms with Crippen molar-refractivity contribution in [1.29, 1.82) is 0 Å². The number of aliphatic hydroxyl groups is 1. The summed E-state index contributed by atoms with van der Waals surface area (Å²) in [4.78, 5) is 20.6. The lowest BCUT2D eigenvalue weighted by molar-refractivity contribution is -0.526. The molecule has 0 aromatic carbocycles. The van der Waals surface area contributed by atoms with Gasteiger partial charge in [-0.15, -0.1) is 11.3 Å². The van der Waals surface area contributed by atoms with E-state index in [4.69, 9.17) is 0 Å². The highest BCUT2D eigenvalue weighted by molar-refractivity contribution is 8.18. The molecule has 0 bridgehead atoms. The highest BCUT2D eigenvalue weighted by Gasteiger charge is 2.38. The normalized spacial score (nSPS) is 19.6. The Labute approximate surface area is 213 Å². The average molecular weight is 500 g/mol. The number of carbonyl (C=O) groups excluding carboxylic acids is 1. The molecule has 1 N–H and O–H groups in total. The number of ketones is 1. The Balaban J connectivity index is 1.60. The minimum Gasteiger partial charge on any atom is -0.506 e. The topological polar surface area (TPSA) is 52.7 Å². The number of nitrogens with zero attached hydrogens (tertiary/aromatic N) is 2. The quantitative estimate of drug-likeness (QED) is 0.162. The molecule has 0 fully saturated rings. The third-order valence-electron chi connectivity index (χ3n) is 6.12. The van der Waals surface area contributed by atoms with E-state index in [-0.39, 0.29) is 11.5 Å². The van der Waals surface area contributed by atoms with Crippen molar-refractivity contribution >= 4 is 46.3 Å². The smallest absolute Gasteiger partial charge is 0.359 e. The van der Waals surface area contributed by atoms with Gasteiger partial charge in [0.2, 0.25) is 5.78 Å². The van der Waals surface area contributed by atoms with Crippen molar-refractivity contribution < 1.29 is 14.5 Å². The minimum absolute atomic E-state index is 0.0934. The number of thiophene rings is 1. The number of carbonyl (C=O) groups is 1. The summed E-state index contributed by atoms with van der Waals surface area (Å²) >= 11 is 3.27. The fourth-order valence-electron chi connectivity index (χ4n) is 4.12. The van der Waals surface area contributed by atoms with Crippen LogP contribution in [0.1, 0.15) is 88.3 Å². The number of aliphatic hydroxyl groups excluding tert-OH is 1. The predicted molar refractivity (Wildman–Crippen MR) is 148 cm³/mol. The molecule has 3 rings (SSSR count). The van der Waals surface area contributed by atoms with Crippen LogP contribution in [0, 0.1) is 0 Å². The van der Waals surface area contributed by atoms with Crippen LogP contribution in [0.3, 0.4) is 0 Å². The Morgan fingerprint density at radius 3 is 2.44 bits per heavy atom. The lowest BCUT2D eigenvalue weighted by Gasteiger charge is -2.19. The number of hydrogen-bond acceptors (Lipinski definition) is 4. The summed E-state index contributed by atoms with van der Waals surface area (Å²) < 4.78 is 2.28. The zero-order valence-electron chi connectivity index (χ0n) is 20.9. The van der Waals surface area contributed by atoms with Crippen LogP contribution < -0.4 is 0 Å². The maximum Gasteiger partial charge on any atom is 0.359 e. The molecule has 34 heavy (non-hydrogen) atoms. The lowest BCUT2D eigenvalue weighted by atomic mass is 9.87. The molecule has 0 saturated heterocycles. The maximum atomic E-state index is 12.8. The summed E-state index contributed by atoms with van der Waals surface area (Å²) in [6, 6.07) is 4.29. The van der Waals surface area contributed by atoms with Crippen molar-refractivity contribution in [3.05, 3.63) is 49.8 Å². The number of unbranched alkanes of at least 4 members (excludes halogenated alkanes) is 6. The van der Waals surface area contributed by atoms with Gasteiger partial charge in [0.15, 0.2) is 6.21 Å². The van der Waals surface area contributed by atoms with E-state index < -0.39 is 0 Å². The molecule has 184 valence electrons. The number of aryl methyl sites for hydroxylation is 1. The Morgan fingerprint density at radius 1 is 0.941 bits per heavy atom. The molecule has 1 aliphatic carbocycles. The fraction of sp³-hybridized carbons (Fsp3) is 0.536. The molecule has 1 aromatic rings. The first-order valence-corrected chi connectivity index (χ1v) is 14.6. The molecular weight excluding hydrogens is 460 g/mol. The fourth-order valence-corrected chi connectivity index (χ4v) is 6.09. The van der Waals surface area contributed by atoms with Crippen molar-refractivity contribution in [1.82, 2.24) is 0 Å². The molecule has 0 saturated carbocycles. The van der Waals surface area contributed by atoms with Gasteiger partial charge in [0.25, 0.3) is 0 Å². The monoisotopic (exact) mass is 499 g/mol. The molecule has 0 spiro atoms. The minimum atomic E-state index is -0.0941. The summed E-state index contributed by atoms with van der Waals surface area (Å²) in [5.41, 5.74) is 0.803. The second kappa shape index (κ2) is 13.8. The maximum absolute atomic E-state index is 12.8. The molecule has 0 amide bonds. The van der Waals surface area contributed by atoms with Crippen LogP contribution in [0.25, 0.3) is 6.08 Å². The van der Waals surface area contributed by atoms with Gasteiger partial charge in [-0.2, -0.15) is 0 Å². The van der Waals surface area contributed by atoms with Crippen LogP contribution in [-0.4, -0.2) is 39.9 Å². The van der Waals surface area contributed by atoms with Gasteiger partial charge >= 0.3 is 5.17 Å². The van der Waals surface area contributed by atoms with Gasteiger partial charge in [0, 0.05) is 21.5 Å². The molecule has 0 atom stereocenters. The zero-order valence-corrected chi connectivity index (χ0v) is 22.6. The molecule has 1 aliphatic heterocycles. The summed E-state index contributed by atoms with van der Waals surface area (Å²) in [6.07, 6.45) is 17.7. The standard InChI is InChI=1S/C28H38N2O2S2/c1-4-7-9-10-11-12-13-21-14-15-22(33-21)16-17-23-26(31)25(27(23)32)24-20-29-28(34-24)30(18-6-3)19-8-5-2/h14-17,20H,4-13,18-19H2,1-3H3/p+1/b17-16+. The summed E-state index contributed by atoms with van der Waals surface area (Å²) in [5.74, 6) is -0.000632. The number of thioether (sulfide) groups is 1. The average Bonchev–Trinajstić information content (AvgIpc) is 3.49. The van der Waals surface area contributed by atoms with E-state index in [0.29, 0.717) is 11.1 Å². The van der Waals surface area contributed by atoms with Crippen molar-refractivity contribution in [3.8, 4) is 0 Å². The third kappa shape index (κ3) is 7.05. The van der Waals surface area contributed by atoms with Crippen molar-refractivity contribution in [3.63, 3.8) is 0 Å². The second-order valence-electron chi connectivity index (χ2n) is 8.97. The SMILES string of the molecule is CCCCCCCCc1ccc(/C=C/C2=C(O)C(=C3C=NC(=[N+](CCC)CCCC)S3)C2=O)s1. The first kappa shape index (κ1) is 26.7. The van der Waals surface area contributed by atoms with E-state index in [0.717, 1.165) is 53.7 Å². The van der Waals surface area contributed by atoms with Gasteiger partial charge in [-0.05, 0) is 55.0 Å². The third-order valence-corrected chi connectivity index (χ3v) is 8.31. The number of allylic oxidation sites excluding steroid dienone is 4. The molecule has 4 nitrogen and oxygen atoms in total. The number of Topliss-reactive ketones (excluding diaryl/α,β-unsaturated/α-hetero) is 1. The van der Waals surface area contributed by atoms with E-state index in [1.54, 1.807) is 23.6 Å². The molecule has 0 unspecified atom stereocenters. The van der Waals surface area contributed by atoms with E-state index in [2.05, 4.69) is 42.5 Å². The summed E-state index contributed by atoms with van der Waals surface area (Å²) in [6.45, 7) is 8.52. The van der Waals surface area contributed by atoms with Gasteiger partial charge in [-0.3, -0.25) is 9.37 Å². The molecule has 6 heteroatoms. The number of amidine groups is 1. The number of aliphatic imine (C=N–C) groups is 1. The van der Waals surface area contributed by atoms with Gasteiger partial charge in [-0.25, -0.2) is 0 Å². The Hall–Kier alpha value is -1.92. The van der Waals surface area contributed by atoms with Gasteiger partial charge < -0.3 is 5.11 Å². The number of hydrogen-bond donors (Lipinski definition) is 1. The second-order valence-corrected chi connectivity index (χ2v) is 11.2. The molecule has 0 radical (unpaired) electrons. The van der Waals surface area contributed by atoms with E-state index in [9.17, 15) is 9.90 Å². The molecule has 1 aromatic heterocycles. The van der Waals surface area contributed by atoms with Crippen molar-refractivity contribution in [2.24, 2.45) is 4.99 Å². The Kier molecular flexibility index (Phi) is 10.9. The van der Waals surface area contributed by atoms with Crippen LogP contribution in [-0.2, 0) is 11.2 Å². The number of rotatable bonds is 14. The van der Waals surface area contributed by atoms with Crippen LogP contribution >= 0.6 is 23.1 Å². The van der Waals surface area contributed by atoms with Crippen LogP contribution in [0.5, 0.6) is 0 Å². The highest BCUT2D eigenvalue weighted by Crippen LogP contribution is 2.38. The van der Waals surface area contributed by atoms with Crippen molar-refractivity contribution in [2.45, 2.75) is 85.0 Å². The van der Waals surface area contributed by atoms with Gasteiger partial charge in [0.1, 0.15) is 5.76 Å². The first-order chi connectivity index (χ1) is 16.6. The summed E-state index contributed by atoms with van der Waals surface area (Å²) in [5, 5.41) is 11.5. The Bertz CT molecular complexity index is 1010. The summed E-state index contributed by atoms with van der Waals surface area (Å²) in [7, 11) is 0. The van der Waals surface area contributed by atoms with Crippen molar-refractivity contribution in [2.75, 3.05) is 13.1 Å². The van der Waals surface area contributed by atoms with Gasteiger partial charge in [-0.1, -0.05) is 59.3 Å². The van der Waals surface area contributed by atoms with E-state index >= 15 is 0 Å². The molecule has 2 aliphatic rings. The zero-order chi connectivity index (χ0) is 24.3. The molecule has 2 heterocycles. The molecular formula is C28H39N2O2S2+. The highest BCUT2D eigenvalue weighted by atomic mass is 32.2. The Morgan fingerprint density at radius 2 is 1.71 bits per heavy atom. The van der Waals surface area contributed by atoms with Crippen LogP contribution in [0.15, 0.2) is 45.0 Å². The van der Waals surface area contributed by atoms with Gasteiger partial charge in [0.05, 0.1) is 29.1 Å². The largest absolute Gasteiger partial charge is 0.506 e. The van der Waals surface area contributed by atoms with Crippen LogP contribution in [0.4, 0.5) is 0 Å². The predicted octanol–water partition coefficient (Wildman–Crippen LogP) is 7.71. The van der Waals surface area contributed by atoms with E-state index in [1.807, 2.05) is 6.08 Å².